The molecule has 0 fully saturated rings. The molecule has 0 saturated heterocycles. The fourth-order valence-corrected chi connectivity index (χ4v) is 4.10. The number of hydrogen-bond donors (Lipinski definition) is 0. The van der Waals surface area contributed by atoms with Crippen LogP contribution in [0.3, 0.4) is 0 Å². The van der Waals surface area contributed by atoms with Crippen LogP contribution in [-0.2, 0) is 4.79 Å². The summed E-state index contributed by atoms with van der Waals surface area (Å²) in [5.41, 5.74) is 1.21. The van der Waals surface area contributed by atoms with E-state index in [1.165, 1.54) is 22.8 Å². The lowest BCUT2D eigenvalue weighted by atomic mass is 10.2. The maximum absolute atomic E-state index is 12.8. The second kappa shape index (κ2) is 9.74. The Morgan fingerprint density at radius 3 is 2.62 bits per heavy atom. The van der Waals surface area contributed by atoms with Gasteiger partial charge in [-0.2, -0.15) is 9.50 Å². The fraction of sp³-hybridized carbons (Fsp3) is 0.250. The van der Waals surface area contributed by atoms with Crippen LogP contribution in [0.5, 0.6) is 11.5 Å². The van der Waals surface area contributed by atoms with Gasteiger partial charge < -0.3 is 9.47 Å². The lowest BCUT2D eigenvalue weighted by Crippen LogP contribution is -2.23. The number of fused-ring (bicyclic) bond motifs is 1. The molecule has 0 N–H and O–H groups in total. The van der Waals surface area contributed by atoms with Crippen LogP contribution in [0.1, 0.15) is 38.7 Å². The van der Waals surface area contributed by atoms with Crippen molar-refractivity contribution in [1.29, 1.82) is 0 Å². The van der Waals surface area contributed by atoms with Gasteiger partial charge in [0.25, 0.3) is 5.56 Å². The first kappa shape index (κ1) is 21.7. The van der Waals surface area contributed by atoms with E-state index >= 15 is 0 Å². The third kappa shape index (κ3) is 4.86. The van der Waals surface area contributed by atoms with Gasteiger partial charge in [0.2, 0.25) is 4.96 Å². The molecule has 164 valence electrons. The standard InChI is InChI=1S/C24H23N3O4S/c1-3-4-7-14-30-18-12-10-17(11-13-18)15-21-23(29)27-24(32-21)25-22(26-27)19-8-5-6-9-20(19)31-16(2)28/h5-6,8-13,15H,3-4,7,14H2,1-2H3/b21-15+. The van der Waals surface area contributed by atoms with Crippen molar-refractivity contribution in [1.82, 2.24) is 14.6 Å². The predicted molar refractivity (Wildman–Crippen MR) is 124 cm³/mol. The van der Waals surface area contributed by atoms with E-state index in [0.717, 1.165) is 30.6 Å². The number of hydrogen-bond acceptors (Lipinski definition) is 7. The third-order valence-corrected chi connectivity index (χ3v) is 5.72. The minimum Gasteiger partial charge on any atom is -0.494 e. The van der Waals surface area contributed by atoms with Crippen LogP contribution in [0, 0.1) is 0 Å². The van der Waals surface area contributed by atoms with Crippen molar-refractivity contribution in [3.63, 3.8) is 0 Å². The van der Waals surface area contributed by atoms with Gasteiger partial charge in [-0.1, -0.05) is 55.4 Å². The largest absolute Gasteiger partial charge is 0.494 e. The Labute approximate surface area is 188 Å². The van der Waals surface area contributed by atoms with Gasteiger partial charge in [-0.3, -0.25) is 9.59 Å². The number of para-hydroxylation sites is 1. The Bertz CT molecular complexity index is 1340. The summed E-state index contributed by atoms with van der Waals surface area (Å²) >= 11 is 1.26. The zero-order valence-electron chi connectivity index (χ0n) is 17.9. The van der Waals surface area contributed by atoms with Crippen molar-refractivity contribution < 1.29 is 14.3 Å². The molecule has 0 amide bonds. The average Bonchev–Trinajstić information content (AvgIpc) is 3.32. The normalized spacial score (nSPS) is 11.8. The monoisotopic (exact) mass is 449 g/mol. The Morgan fingerprint density at radius 2 is 1.91 bits per heavy atom. The molecule has 0 aliphatic carbocycles. The van der Waals surface area contributed by atoms with E-state index in [0.29, 0.717) is 33.2 Å². The first-order valence-corrected chi connectivity index (χ1v) is 11.3. The summed E-state index contributed by atoms with van der Waals surface area (Å²) in [6.45, 7) is 4.20. The molecule has 8 heteroatoms. The molecule has 2 aromatic carbocycles. The molecule has 32 heavy (non-hydrogen) atoms. The van der Waals surface area contributed by atoms with Gasteiger partial charge in [-0.05, 0) is 42.3 Å². The number of aromatic nitrogens is 3. The Balaban J connectivity index is 1.58. The van der Waals surface area contributed by atoms with E-state index in [4.69, 9.17) is 9.47 Å². The Morgan fingerprint density at radius 1 is 1.12 bits per heavy atom. The average molecular weight is 450 g/mol. The molecule has 0 spiro atoms. The molecule has 0 radical (unpaired) electrons. The molecule has 4 rings (SSSR count). The SMILES string of the molecule is CCCCCOc1ccc(/C=c2/sc3nc(-c4ccccc4OC(C)=O)nn3c2=O)cc1. The molecule has 0 aliphatic rings. The molecule has 2 heterocycles. The fourth-order valence-electron chi connectivity index (χ4n) is 3.20. The molecule has 0 bridgehead atoms. The summed E-state index contributed by atoms with van der Waals surface area (Å²) in [6, 6.07) is 14.6. The topological polar surface area (TPSA) is 82.8 Å². The molecule has 7 nitrogen and oxygen atoms in total. The van der Waals surface area contributed by atoms with E-state index in [1.807, 2.05) is 30.3 Å². The van der Waals surface area contributed by atoms with Gasteiger partial charge in [-0.15, -0.1) is 5.10 Å². The number of esters is 1. The second-order valence-electron chi connectivity index (χ2n) is 7.26. The van der Waals surface area contributed by atoms with Crippen LogP contribution < -0.4 is 19.6 Å². The Hall–Kier alpha value is -3.52. The number of nitrogens with zero attached hydrogens (tertiary/aromatic N) is 3. The smallest absolute Gasteiger partial charge is 0.308 e. The number of unbranched alkanes of at least 4 members (excludes halogenated alkanes) is 2. The maximum atomic E-state index is 12.8. The second-order valence-corrected chi connectivity index (χ2v) is 8.27. The number of rotatable bonds is 8. The predicted octanol–water partition coefficient (Wildman–Crippen LogP) is 3.86. The van der Waals surface area contributed by atoms with Crippen LogP contribution in [0.15, 0.2) is 53.3 Å². The number of thiazole rings is 1. The van der Waals surface area contributed by atoms with Crippen molar-refractivity contribution in [3.05, 3.63) is 69.0 Å². The molecular formula is C24H23N3O4S. The summed E-state index contributed by atoms with van der Waals surface area (Å²) in [6.07, 6.45) is 5.17. The van der Waals surface area contributed by atoms with Crippen molar-refractivity contribution in [2.45, 2.75) is 33.1 Å². The van der Waals surface area contributed by atoms with Gasteiger partial charge >= 0.3 is 5.97 Å². The van der Waals surface area contributed by atoms with Crippen molar-refractivity contribution >= 4 is 28.3 Å². The summed E-state index contributed by atoms with van der Waals surface area (Å²) in [5, 5.41) is 4.35. The first-order chi connectivity index (χ1) is 15.5. The maximum Gasteiger partial charge on any atom is 0.308 e. The highest BCUT2D eigenvalue weighted by Gasteiger charge is 2.16. The van der Waals surface area contributed by atoms with Crippen LogP contribution >= 0.6 is 11.3 Å². The highest BCUT2D eigenvalue weighted by Crippen LogP contribution is 2.27. The van der Waals surface area contributed by atoms with Gasteiger partial charge in [0, 0.05) is 6.92 Å². The molecule has 0 atom stereocenters. The number of carbonyl (C=O) groups is 1. The molecule has 4 aromatic rings. The van der Waals surface area contributed by atoms with E-state index in [2.05, 4.69) is 17.0 Å². The number of carbonyl (C=O) groups excluding carboxylic acids is 1. The van der Waals surface area contributed by atoms with E-state index in [-0.39, 0.29) is 5.56 Å². The molecule has 0 aliphatic heterocycles. The first-order valence-electron chi connectivity index (χ1n) is 10.5. The molecular weight excluding hydrogens is 426 g/mol. The lowest BCUT2D eigenvalue weighted by Gasteiger charge is -2.05. The van der Waals surface area contributed by atoms with E-state index in [9.17, 15) is 9.59 Å². The highest BCUT2D eigenvalue weighted by atomic mass is 32.1. The van der Waals surface area contributed by atoms with Gasteiger partial charge in [-0.25, -0.2) is 0 Å². The van der Waals surface area contributed by atoms with Gasteiger partial charge in [0.1, 0.15) is 11.5 Å². The van der Waals surface area contributed by atoms with Crippen LogP contribution in [-0.4, -0.2) is 27.2 Å². The number of benzene rings is 2. The van der Waals surface area contributed by atoms with Crippen molar-refractivity contribution in [2.75, 3.05) is 6.61 Å². The summed E-state index contributed by atoms with van der Waals surface area (Å²) in [5.74, 6) is 1.08. The lowest BCUT2D eigenvalue weighted by molar-refractivity contribution is -0.131. The minimum absolute atomic E-state index is 0.242. The number of ether oxygens (including phenoxy) is 2. The van der Waals surface area contributed by atoms with Crippen molar-refractivity contribution in [3.8, 4) is 22.9 Å². The van der Waals surface area contributed by atoms with E-state index in [1.54, 1.807) is 24.3 Å². The zero-order valence-corrected chi connectivity index (χ0v) is 18.7. The van der Waals surface area contributed by atoms with Crippen LogP contribution in [0.25, 0.3) is 22.4 Å². The van der Waals surface area contributed by atoms with Crippen molar-refractivity contribution in [2.24, 2.45) is 0 Å². The molecule has 0 unspecified atom stereocenters. The zero-order chi connectivity index (χ0) is 22.5. The molecule has 0 saturated carbocycles. The van der Waals surface area contributed by atoms with Crippen LogP contribution in [0.2, 0.25) is 0 Å². The summed E-state index contributed by atoms with van der Waals surface area (Å²) in [4.78, 5) is 29.2. The van der Waals surface area contributed by atoms with E-state index < -0.39 is 5.97 Å². The van der Waals surface area contributed by atoms with Gasteiger partial charge in [0.05, 0.1) is 16.7 Å². The van der Waals surface area contributed by atoms with Crippen LogP contribution in [0.4, 0.5) is 0 Å². The summed E-state index contributed by atoms with van der Waals surface area (Å²) in [7, 11) is 0. The quantitative estimate of drug-likeness (QED) is 0.231. The highest BCUT2D eigenvalue weighted by molar-refractivity contribution is 7.15. The Kier molecular flexibility index (Phi) is 6.61. The molecule has 2 aromatic heterocycles. The summed E-state index contributed by atoms with van der Waals surface area (Å²) < 4.78 is 12.8. The minimum atomic E-state index is -0.433. The van der Waals surface area contributed by atoms with Gasteiger partial charge in [0.15, 0.2) is 5.82 Å². The third-order valence-electron chi connectivity index (χ3n) is 4.76.